The van der Waals surface area contributed by atoms with Gasteiger partial charge >= 0.3 is 11.8 Å². The molecule has 3 N–H and O–H groups in total. The molecule has 2 aromatic rings. The van der Waals surface area contributed by atoms with Gasteiger partial charge in [-0.05, 0) is 54.8 Å². The van der Waals surface area contributed by atoms with Crippen LogP contribution in [0.1, 0.15) is 18.1 Å². The van der Waals surface area contributed by atoms with E-state index in [4.69, 9.17) is 14.2 Å². The minimum Gasteiger partial charge on any atom is -0.504 e. The van der Waals surface area contributed by atoms with Gasteiger partial charge in [-0.1, -0.05) is 6.07 Å². The molecular formula is C21H25N3O6. The number of carbonyl (C=O) groups is 2. The Morgan fingerprint density at radius 3 is 2.50 bits per heavy atom. The molecule has 0 heterocycles. The van der Waals surface area contributed by atoms with Crippen molar-refractivity contribution in [3.8, 4) is 23.0 Å². The minimum absolute atomic E-state index is 0.00638. The maximum Gasteiger partial charge on any atom is 0.329 e. The molecule has 0 saturated carbocycles. The van der Waals surface area contributed by atoms with Crippen molar-refractivity contribution >= 4 is 18.0 Å². The second-order valence-electron chi connectivity index (χ2n) is 6.05. The summed E-state index contributed by atoms with van der Waals surface area (Å²) in [7, 11) is 3.10. The van der Waals surface area contributed by atoms with Gasteiger partial charge in [0.25, 0.3) is 0 Å². The van der Waals surface area contributed by atoms with Crippen LogP contribution >= 0.6 is 0 Å². The van der Waals surface area contributed by atoms with Crippen molar-refractivity contribution in [1.82, 2.24) is 10.7 Å². The highest BCUT2D eigenvalue weighted by molar-refractivity contribution is 6.35. The van der Waals surface area contributed by atoms with Crippen LogP contribution < -0.4 is 25.0 Å². The zero-order valence-corrected chi connectivity index (χ0v) is 17.1. The summed E-state index contributed by atoms with van der Waals surface area (Å²) in [5.74, 6) is -0.164. The van der Waals surface area contributed by atoms with Gasteiger partial charge in [0.2, 0.25) is 0 Å². The van der Waals surface area contributed by atoms with Gasteiger partial charge in [0, 0.05) is 6.54 Å². The number of rotatable bonds is 9. The number of ether oxygens (including phenoxy) is 3. The third-order valence-electron chi connectivity index (χ3n) is 4.02. The summed E-state index contributed by atoms with van der Waals surface area (Å²) < 4.78 is 15.7. The Morgan fingerprint density at radius 1 is 1.03 bits per heavy atom. The number of aromatic hydroxyl groups is 1. The number of benzene rings is 2. The Bertz CT molecular complexity index is 914. The molecule has 9 nitrogen and oxygen atoms in total. The number of carbonyl (C=O) groups excluding carboxylic acids is 2. The Kier molecular flexibility index (Phi) is 8.49. The molecule has 2 amide bonds. The van der Waals surface area contributed by atoms with Gasteiger partial charge < -0.3 is 24.6 Å². The average molecular weight is 415 g/mol. The molecule has 0 spiro atoms. The van der Waals surface area contributed by atoms with Crippen molar-refractivity contribution in [3.05, 3.63) is 47.5 Å². The third-order valence-corrected chi connectivity index (χ3v) is 4.02. The highest BCUT2D eigenvalue weighted by Gasteiger charge is 2.12. The molecule has 0 unspecified atom stereocenters. The molecule has 0 atom stereocenters. The van der Waals surface area contributed by atoms with Gasteiger partial charge in [0.15, 0.2) is 23.0 Å². The van der Waals surface area contributed by atoms with E-state index in [1.54, 1.807) is 39.3 Å². The molecule has 0 bridgehead atoms. The predicted molar refractivity (Wildman–Crippen MR) is 111 cm³/mol. The topological polar surface area (TPSA) is 118 Å². The van der Waals surface area contributed by atoms with Crippen molar-refractivity contribution in [2.45, 2.75) is 13.3 Å². The van der Waals surface area contributed by atoms with Crippen LogP contribution in [0.4, 0.5) is 0 Å². The molecule has 0 fully saturated rings. The number of phenolic OH excluding ortho intramolecular Hbond substituents is 1. The molecule has 0 aliphatic carbocycles. The minimum atomic E-state index is -0.887. The van der Waals surface area contributed by atoms with Crippen LogP contribution in [0, 0.1) is 0 Å². The number of hydrazone groups is 1. The largest absolute Gasteiger partial charge is 0.504 e. The van der Waals surface area contributed by atoms with E-state index in [-0.39, 0.29) is 12.3 Å². The third kappa shape index (κ3) is 6.40. The van der Waals surface area contributed by atoms with Crippen LogP contribution in [-0.2, 0) is 16.0 Å². The molecule has 0 aliphatic rings. The van der Waals surface area contributed by atoms with E-state index < -0.39 is 11.8 Å². The lowest BCUT2D eigenvalue weighted by molar-refractivity contribution is -0.139. The van der Waals surface area contributed by atoms with Gasteiger partial charge in [0.1, 0.15) is 0 Å². The number of hydrogen-bond acceptors (Lipinski definition) is 7. The number of phenols is 1. The summed E-state index contributed by atoms with van der Waals surface area (Å²) in [6, 6.07) is 10.1. The summed E-state index contributed by atoms with van der Waals surface area (Å²) in [5.41, 5.74) is 3.67. The molecule has 2 aromatic carbocycles. The average Bonchev–Trinajstić information content (AvgIpc) is 2.75. The van der Waals surface area contributed by atoms with Crippen molar-refractivity contribution in [3.63, 3.8) is 0 Å². The van der Waals surface area contributed by atoms with Crippen LogP contribution in [0.15, 0.2) is 41.5 Å². The molecule has 0 aliphatic heterocycles. The Labute approximate surface area is 174 Å². The molecule has 2 rings (SSSR count). The van der Waals surface area contributed by atoms with Gasteiger partial charge in [-0.2, -0.15) is 5.10 Å². The number of hydrogen-bond donors (Lipinski definition) is 3. The fraction of sp³-hybridized carbons (Fsp3) is 0.286. The first-order valence-corrected chi connectivity index (χ1v) is 9.26. The van der Waals surface area contributed by atoms with E-state index in [2.05, 4.69) is 15.8 Å². The lowest BCUT2D eigenvalue weighted by atomic mass is 10.1. The molecule has 9 heteroatoms. The zero-order chi connectivity index (χ0) is 21.9. The predicted octanol–water partition coefficient (Wildman–Crippen LogP) is 1.62. The quantitative estimate of drug-likeness (QED) is 0.325. The van der Waals surface area contributed by atoms with E-state index in [0.29, 0.717) is 35.8 Å². The smallest absolute Gasteiger partial charge is 0.329 e. The van der Waals surface area contributed by atoms with Gasteiger partial charge in [-0.25, -0.2) is 5.43 Å². The summed E-state index contributed by atoms with van der Waals surface area (Å²) >= 11 is 0. The first-order chi connectivity index (χ1) is 14.5. The highest BCUT2D eigenvalue weighted by Crippen LogP contribution is 2.27. The van der Waals surface area contributed by atoms with Crippen molar-refractivity contribution in [2.75, 3.05) is 27.4 Å². The van der Waals surface area contributed by atoms with Gasteiger partial charge in [0.05, 0.1) is 27.0 Å². The van der Waals surface area contributed by atoms with E-state index in [1.165, 1.54) is 12.3 Å². The molecule has 160 valence electrons. The van der Waals surface area contributed by atoms with Gasteiger partial charge in [-0.3, -0.25) is 9.59 Å². The monoisotopic (exact) mass is 415 g/mol. The summed E-state index contributed by atoms with van der Waals surface area (Å²) in [4.78, 5) is 23.7. The fourth-order valence-electron chi connectivity index (χ4n) is 2.54. The Balaban J connectivity index is 1.82. The fourth-order valence-corrected chi connectivity index (χ4v) is 2.54. The van der Waals surface area contributed by atoms with E-state index in [0.717, 1.165) is 5.56 Å². The van der Waals surface area contributed by atoms with E-state index >= 15 is 0 Å². The number of methoxy groups -OCH3 is 2. The molecule has 0 saturated heterocycles. The maximum absolute atomic E-state index is 11.9. The van der Waals surface area contributed by atoms with Crippen LogP contribution in [0.25, 0.3) is 0 Å². The van der Waals surface area contributed by atoms with Crippen molar-refractivity contribution < 1.29 is 28.9 Å². The van der Waals surface area contributed by atoms with Crippen LogP contribution in [0.3, 0.4) is 0 Å². The van der Waals surface area contributed by atoms with Crippen molar-refractivity contribution in [2.24, 2.45) is 5.10 Å². The normalized spacial score (nSPS) is 10.5. The summed E-state index contributed by atoms with van der Waals surface area (Å²) in [5, 5.41) is 15.9. The maximum atomic E-state index is 11.9. The lowest BCUT2D eigenvalue weighted by Gasteiger charge is -2.10. The van der Waals surface area contributed by atoms with E-state index in [9.17, 15) is 14.7 Å². The Hall–Kier alpha value is -3.75. The molecular weight excluding hydrogens is 390 g/mol. The molecule has 0 aromatic heterocycles. The molecule has 0 radical (unpaired) electrons. The summed E-state index contributed by atoms with van der Waals surface area (Å²) in [6.45, 7) is 2.46. The zero-order valence-electron chi connectivity index (χ0n) is 17.1. The standard InChI is InChI=1S/C21H25N3O6/c1-4-30-18-12-15(5-7-16(18)25)13-23-24-21(27)20(26)22-10-9-14-6-8-17(28-2)19(11-14)29-3/h5-8,11-13,25H,4,9-10H2,1-3H3,(H,22,26)(H,24,27)/b23-13-. The van der Waals surface area contributed by atoms with Crippen LogP contribution in [-0.4, -0.2) is 50.5 Å². The van der Waals surface area contributed by atoms with E-state index in [1.807, 2.05) is 12.1 Å². The first kappa shape index (κ1) is 22.5. The van der Waals surface area contributed by atoms with Crippen LogP contribution in [0.2, 0.25) is 0 Å². The number of amides is 2. The first-order valence-electron chi connectivity index (χ1n) is 9.26. The van der Waals surface area contributed by atoms with Crippen molar-refractivity contribution in [1.29, 1.82) is 0 Å². The summed E-state index contributed by atoms with van der Waals surface area (Å²) in [6.07, 6.45) is 1.85. The second kappa shape index (κ2) is 11.3. The van der Waals surface area contributed by atoms with Gasteiger partial charge in [-0.15, -0.1) is 0 Å². The molecule has 30 heavy (non-hydrogen) atoms. The van der Waals surface area contributed by atoms with Crippen LogP contribution in [0.5, 0.6) is 23.0 Å². The Morgan fingerprint density at radius 2 is 1.80 bits per heavy atom. The lowest BCUT2D eigenvalue weighted by Crippen LogP contribution is -2.38. The second-order valence-corrected chi connectivity index (χ2v) is 6.05. The number of nitrogens with one attached hydrogen (secondary N) is 2. The SMILES string of the molecule is CCOc1cc(/C=N\NC(=O)C(=O)NCCc2ccc(OC)c(OC)c2)ccc1O. The number of nitrogens with zero attached hydrogens (tertiary/aromatic N) is 1. The highest BCUT2D eigenvalue weighted by atomic mass is 16.5.